The number of hydrogen-bond donors (Lipinski definition) is 9. The Balaban J connectivity index is 1.70. The molecule has 3 saturated heterocycles. The van der Waals surface area contributed by atoms with Crippen LogP contribution >= 0.6 is 0 Å². The molecule has 32 heavy (non-hydrogen) atoms. The van der Waals surface area contributed by atoms with Gasteiger partial charge < -0.3 is 69.6 Å². The molecule has 1 unspecified atom stereocenters. The van der Waals surface area contributed by atoms with Crippen LogP contribution in [-0.2, 0) is 23.7 Å². The first kappa shape index (κ1) is 26.1. The SMILES string of the molecule is C[C@@H]1O[C@H](O[C@H]2[C@H](O)[C@@H](O)[C@H](O[C@@H]3[C@@H](O)[C@H](C)OC(O)[C@@H]3O)O[C@@H]2CO)[C@H](O)[C@H](O)[C@H]1O. The van der Waals surface area contributed by atoms with Crippen molar-refractivity contribution in [2.75, 3.05) is 6.61 Å². The van der Waals surface area contributed by atoms with Gasteiger partial charge in [0, 0.05) is 0 Å². The lowest BCUT2D eigenvalue weighted by Crippen LogP contribution is -2.66. The van der Waals surface area contributed by atoms with Crippen molar-refractivity contribution in [3.05, 3.63) is 0 Å². The van der Waals surface area contributed by atoms with E-state index in [-0.39, 0.29) is 0 Å². The number of aliphatic hydroxyl groups excluding tert-OH is 9. The molecule has 3 aliphatic rings. The molecule has 0 aliphatic carbocycles. The zero-order chi connectivity index (χ0) is 23.9. The topological polar surface area (TPSA) is 228 Å². The van der Waals surface area contributed by atoms with Gasteiger partial charge in [0.25, 0.3) is 0 Å². The third-order valence-corrected chi connectivity index (χ3v) is 6.01. The second kappa shape index (κ2) is 10.4. The molecule has 0 aromatic heterocycles. The van der Waals surface area contributed by atoms with Gasteiger partial charge in [-0.15, -0.1) is 0 Å². The second-order valence-corrected chi connectivity index (χ2v) is 8.30. The third-order valence-electron chi connectivity index (χ3n) is 6.01. The van der Waals surface area contributed by atoms with E-state index < -0.39 is 98.7 Å². The maximum absolute atomic E-state index is 10.6. The Labute approximate surface area is 183 Å². The van der Waals surface area contributed by atoms with Crippen LogP contribution in [0.15, 0.2) is 0 Å². The summed E-state index contributed by atoms with van der Waals surface area (Å²) < 4.78 is 26.6. The van der Waals surface area contributed by atoms with E-state index in [0.29, 0.717) is 0 Å². The fraction of sp³-hybridized carbons (Fsp3) is 1.00. The third kappa shape index (κ3) is 4.94. The van der Waals surface area contributed by atoms with Crippen LogP contribution in [0.5, 0.6) is 0 Å². The van der Waals surface area contributed by atoms with Gasteiger partial charge in [-0.3, -0.25) is 0 Å². The van der Waals surface area contributed by atoms with E-state index in [1.165, 1.54) is 13.8 Å². The smallest absolute Gasteiger partial charge is 0.187 e. The highest BCUT2D eigenvalue weighted by Crippen LogP contribution is 2.31. The van der Waals surface area contributed by atoms with Crippen LogP contribution in [0.25, 0.3) is 0 Å². The summed E-state index contributed by atoms with van der Waals surface area (Å²) in [5.41, 5.74) is 0. The maximum Gasteiger partial charge on any atom is 0.187 e. The maximum atomic E-state index is 10.6. The van der Waals surface area contributed by atoms with Crippen molar-refractivity contribution in [1.82, 2.24) is 0 Å². The predicted molar refractivity (Wildman–Crippen MR) is 98.4 cm³/mol. The van der Waals surface area contributed by atoms with Crippen LogP contribution in [0.4, 0.5) is 0 Å². The van der Waals surface area contributed by atoms with E-state index in [9.17, 15) is 46.0 Å². The largest absolute Gasteiger partial charge is 0.394 e. The molecule has 14 heteroatoms. The summed E-state index contributed by atoms with van der Waals surface area (Å²) in [5, 5.41) is 90.6. The Bertz CT molecular complexity index is 594. The average molecular weight is 472 g/mol. The molecule has 9 N–H and O–H groups in total. The molecule has 0 aromatic rings. The summed E-state index contributed by atoms with van der Waals surface area (Å²) in [4.78, 5) is 0. The van der Waals surface area contributed by atoms with Crippen LogP contribution in [0, 0.1) is 0 Å². The van der Waals surface area contributed by atoms with Crippen molar-refractivity contribution >= 4 is 0 Å². The Kier molecular flexibility index (Phi) is 8.44. The minimum atomic E-state index is -1.81. The van der Waals surface area contributed by atoms with Crippen LogP contribution < -0.4 is 0 Å². The molecule has 0 bridgehead atoms. The van der Waals surface area contributed by atoms with E-state index in [1.807, 2.05) is 0 Å². The molecular formula is C18H32O14. The molecule has 3 heterocycles. The predicted octanol–water partition coefficient (Wildman–Crippen LogP) is -5.52. The highest BCUT2D eigenvalue weighted by molar-refractivity contribution is 4.95. The molecule has 15 atom stereocenters. The van der Waals surface area contributed by atoms with Crippen LogP contribution in [0.3, 0.4) is 0 Å². The van der Waals surface area contributed by atoms with Gasteiger partial charge in [0.15, 0.2) is 18.9 Å². The van der Waals surface area contributed by atoms with Gasteiger partial charge in [-0.1, -0.05) is 0 Å². The van der Waals surface area contributed by atoms with Crippen molar-refractivity contribution < 1.29 is 69.6 Å². The van der Waals surface area contributed by atoms with Gasteiger partial charge in [0.2, 0.25) is 0 Å². The summed E-state index contributed by atoms with van der Waals surface area (Å²) in [5.74, 6) is 0. The van der Waals surface area contributed by atoms with E-state index >= 15 is 0 Å². The van der Waals surface area contributed by atoms with Gasteiger partial charge in [0.05, 0.1) is 18.8 Å². The van der Waals surface area contributed by atoms with E-state index in [0.717, 1.165) is 0 Å². The Morgan fingerprint density at radius 2 is 1.09 bits per heavy atom. The summed E-state index contributed by atoms with van der Waals surface area (Å²) in [7, 11) is 0. The molecule has 0 radical (unpaired) electrons. The first-order chi connectivity index (χ1) is 15.0. The summed E-state index contributed by atoms with van der Waals surface area (Å²) in [6.45, 7) is 2.10. The quantitative estimate of drug-likeness (QED) is 0.182. The van der Waals surface area contributed by atoms with Crippen molar-refractivity contribution in [1.29, 1.82) is 0 Å². The number of hydrogen-bond acceptors (Lipinski definition) is 14. The fourth-order valence-electron chi connectivity index (χ4n) is 3.94. The average Bonchev–Trinajstić information content (AvgIpc) is 2.76. The fourth-order valence-corrected chi connectivity index (χ4v) is 3.94. The molecule has 188 valence electrons. The lowest BCUT2D eigenvalue weighted by Gasteiger charge is -2.47. The first-order valence-corrected chi connectivity index (χ1v) is 10.3. The highest BCUT2D eigenvalue weighted by Gasteiger charge is 2.52. The van der Waals surface area contributed by atoms with Gasteiger partial charge >= 0.3 is 0 Å². The minimum Gasteiger partial charge on any atom is -0.394 e. The van der Waals surface area contributed by atoms with Gasteiger partial charge in [-0.05, 0) is 13.8 Å². The van der Waals surface area contributed by atoms with E-state index in [4.69, 9.17) is 23.7 Å². The molecule has 14 nitrogen and oxygen atoms in total. The zero-order valence-corrected chi connectivity index (χ0v) is 17.4. The Morgan fingerprint density at radius 3 is 1.72 bits per heavy atom. The van der Waals surface area contributed by atoms with Crippen molar-refractivity contribution in [3.8, 4) is 0 Å². The molecular weight excluding hydrogens is 440 g/mol. The van der Waals surface area contributed by atoms with Gasteiger partial charge in [-0.2, -0.15) is 0 Å². The van der Waals surface area contributed by atoms with Crippen LogP contribution in [0.2, 0.25) is 0 Å². The Hall–Kier alpha value is -0.560. The van der Waals surface area contributed by atoms with Crippen LogP contribution in [-0.4, -0.2) is 145 Å². The lowest BCUT2D eigenvalue weighted by atomic mass is 9.96. The molecule has 0 spiro atoms. The summed E-state index contributed by atoms with van der Waals surface area (Å²) in [6.07, 6.45) is -22.4. The lowest BCUT2D eigenvalue weighted by molar-refractivity contribution is -0.375. The molecule has 3 aliphatic heterocycles. The van der Waals surface area contributed by atoms with Gasteiger partial charge in [0.1, 0.15) is 61.0 Å². The standard InChI is InChI=1S/C18H32O14/c1-4-7(20)9(22)11(24)17(29-4)31-14-6(3-19)30-18(12(25)10(14)23)32-15-8(21)5(2)28-16(27)13(15)26/h4-27H,3H2,1-2H3/t4-,5-,6+,7-,8-,9+,10+,11+,12+,13+,14+,15+,16?,17+,18-/m0/s1. The molecule has 0 amide bonds. The molecule has 0 saturated carbocycles. The first-order valence-electron chi connectivity index (χ1n) is 10.3. The number of ether oxygens (including phenoxy) is 5. The van der Waals surface area contributed by atoms with E-state index in [2.05, 4.69) is 0 Å². The summed E-state index contributed by atoms with van der Waals surface area (Å²) >= 11 is 0. The normalized spacial score (nSPS) is 55.0. The monoisotopic (exact) mass is 472 g/mol. The zero-order valence-electron chi connectivity index (χ0n) is 17.4. The molecule has 3 rings (SSSR count). The minimum absolute atomic E-state index is 0.740. The molecule has 3 fully saturated rings. The van der Waals surface area contributed by atoms with Crippen molar-refractivity contribution in [2.24, 2.45) is 0 Å². The number of rotatable bonds is 5. The van der Waals surface area contributed by atoms with Crippen molar-refractivity contribution in [2.45, 2.75) is 106 Å². The number of aliphatic hydroxyl groups is 9. The van der Waals surface area contributed by atoms with Crippen molar-refractivity contribution in [3.63, 3.8) is 0 Å². The highest BCUT2D eigenvalue weighted by atomic mass is 16.7. The molecule has 0 aromatic carbocycles. The van der Waals surface area contributed by atoms with E-state index in [1.54, 1.807) is 0 Å². The van der Waals surface area contributed by atoms with Gasteiger partial charge in [-0.25, -0.2) is 0 Å². The Morgan fingerprint density at radius 1 is 0.562 bits per heavy atom. The summed E-state index contributed by atoms with van der Waals surface area (Å²) in [6, 6.07) is 0. The van der Waals surface area contributed by atoms with Crippen LogP contribution in [0.1, 0.15) is 13.8 Å². The second-order valence-electron chi connectivity index (χ2n) is 8.30.